The lowest BCUT2D eigenvalue weighted by molar-refractivity contribution is 0.602. The van der Waals surface area contributed by atoms with E-state index in [1.165, 1.54) is 0 Å². The van der Waals surface area contributed by atoms with Gasteiger partial charge in [-0.2, -0.15) is 0 Å². The van der Waals surface area contributed by atoms with E-state index in [2.05, 4.69) is 53.5 Å². The molecule has 27 heavy (non-hydrogen) atoms. The van der Waals surface area contributed by atoms with Gasteiger partial charge < -0.3 is 4.42 Å². The predicted molar refractivity (Wildman–Crippen MR) is 110 cm³/mol. The molecule has 0 amide bonds. The van der Waals surface area contributed by atoms with Crippen molar-refractivity contribution in [1.82, 2.24) is 4.98 Å². The quantitative estimate of drug-likeness (QED) is 0.357. The molecule has 0 radical (unpaired) electrons. The summed E-state index contributed by atoms with van der Waals surface area (Å²) in [6.45, 7) is 0. The molecule has 0 aliphatic heterocycles. The fraction of sp³-hybridized carbons (Fsp3) is 0. The Kier molecular flexibility index (Phi) is 3.80. The first kappa shape index (κ1) is 15.6. The van der Waals surface area contributed by atoms with Crippen LogP contribution in [0.2, 0.25) is 0 Å². The number of benzene rings is 3. The average Bonchev–Trinajstić information content (AvgIpc) is 3.15. The Morgan fingerprint density at radius 3 is 1.81 bits per heavy atom. The number of aromatic nitrogens is 1. The van der Waals surface area contributed by atoms with Crippen LogP contribution in [-0.4, -0.2) is 4.98 Å². The van der Waals surface area contributed by atoms with Crippen molar-refractivity contribution in [1.29, 1.82) is 0 Å². The molecule has 0 saturated heterocycles. The van der Waals surface area contributed by atoms with Gasteiger partial charge in [-0.15, -0.1) is 0 Å². The SMILES string of the molecule is c1ccc(-c2cnccc2-c2oc(-c3ccccc3)c3ccccc23)cc1. The minimum absolute atomic E-state index is 0.880. The number of hydrogen-bond donors (Lipinski definition) is 0. The highest BCUT2D eigenvalue weighted by molar-refractivity contribution is 6.04. The highest BCUT2D eigenvalue weighted by Gasteiger charge is 2.18. The van der Waals surface area contributed by atoms with Crippen molar-refractivity contribution in [3.8, 4) is 33.8 Å². The molecule has 0 saturated carbocycles. The molecule has 5 rings (SSSR count). The Morgan fingerprint density at radius 2 is 1.11 bits per heavy atom. The first-order chi connectivity index (χ1) is 13.4. The van der Waals surface area contributed by atoms with Crippen LogP contribution in [0.1, 0.15) is 0 Å². The lowest BCUT2D eigenvalue weighted by Gasteiger charge is -2.07. The van der Waals surface area contributed by atoms with E-state index in [0.717, 1.165) is 44.5 Å². The van der Waals surface area contributed by atoms with Crippen LogP contribution >= 0.6 is 0 Å². The lowest BCUT2D eigenvalue weighted by atomic mass is 9.98. The average molecular weight is 347 g/mol. The van der Waals surface area contributed by atoms with Crippen LogP contribution in [-0.2, 0) is 0 Å². The maximum atomic E-state index is 6.47. The van der Waals surface area contributed by atoms with Gasteiger partial charge in [0.05, 0.1) is 0 Å². The molecular formula is C25H17NO. The highest BCUT2D eigenvalue weighted by atomic mass is 16.3. The monoisotopic (exact) mass is 347 g/mol. The van der Waals surface area contributed by atoms with Crippen molar-refractivity contribution in [2.45, 2.75) is 0 Å². The smallest absolute Gasteiger partial charge is 0.143 e. The molecule has 5 aromatic rings. The third-order valence-electron chi connectivity index (χ3n) is 4.81. The second-order valence-electron chi connectivity index (χ2n) is 6.46. The molecule has 2 nitrogen and oxygen atoms in total. The molecule has 2 aromatic heterocycles. The Balaban J connectivity index is 1.79. The van der Waals surface area contributed by atoms with Crippen LogP contribution in [0.3, 0.4) is 0 Å². The fourth-order valence-electron chi connectivity index (χ4n) is 3.54. The van der Waals surface area contributed by atoms with Crippen molar-refractivity contribution >= 4 is 10.8 Å². The number of nitrogens with zero attached hydrogens (tertiary/aromatic N) is 1. The van der Waals surface area contributed by atoms with Crippen molar-refractivity contribution < 1.29 is 4.42 Å². The number of pyridine rings is 1. The second kappa shape index (κ2) is 6.58. The number of fused-ring (bicyclic) bond motifs is 1. The number of hydrogen-bond acceptors (Lipinski definition) is 2. The van der Waals surface area contributed by atoms with Gasteiger partial charge in [-0.25, -0.2) is 0 Å². The summed E-state index contributed by atoms with van der Waals surface area (Å²) in [5.41, 5.74) is 4.32. The molecule has 2 heterocycles. The molecule has 0 fully saturated rings. The molecule has 0 aliphatic carbocycles. The zero-order valence-corrected chi connectivity index (χ0v) is 14.7. The normalized spacial score (nSPS) is 11.0. The van der Waals surface area contributed by atoms with E-state index in [1.807, 2.05) is 54.9 Å². The van der Waals surface area contributed by atoms with Crippen LogP contribution in [0.15, 0.2) is 108 Å². The minimum atomic E-state index is 0.880. The van der Waals surface area contributed by atoms with Gasteiger partial charge in [0, 0.05) is 39.9 Å². The van der Waals surface area contributed by atoms with Crippen molar-refractivity contribution in [3.05, 3.63) is 103 Å². The van der Waals surface area contributed by atoms with Crippen molar-refractivity contribution in [2.75, 3.05) is 0 Å². The van der Waals surface area contributed by atoms with Crippen molar-refractivity contribution in [2.24, 2.45) is 0 Å². The molecule has 3 aromatic carbocycles. The first-order valence-corrected chi connectivity index (χ1v) is 8.98. The Labute approximate surface area is 157 Å². The Morgan fingerprint density at radius 1 is 0.519 bits per heavy atom. The standard InChI is InChI=1S/C25H17NO/c1-3-9-18(10-4-1)23-17-26-16-15-22(23)25-21-14-8-7-13-20(21)24(27-25)19-11-5-2-6-12-19/h1-17H. The zero-order chi connectivity index (χ0) is 18.1. The fourth-order valence-corrected chi connectivity index (χ4v) is 3.54. The lowest BCUT2D eigenvalue weighted by Crippen LogP contribution is -1.85. The Bertz CT molecular complexity index is 1210. The number of rotatable bonds is 3. The first-order valence-electron chi connectivity index (χ1n) is 8.98. The van der Waals surface area contributed by atoms with E-state index in [4.69, 9.17) is 4.42 Å². The van der Waals surface area contributed by atoms with Gasteiger partial charge in [-0.3, -0.25) is 4.98 Å². The van der Waals surface area contributed by atoms with E-state index in [1.54, 1.807) is 0 Å². The van der Waals surface area contributed by atoms with Gasteiger partial charge in [0.1, 0.15) is 11.5 Å². The molecule has 0 atom stereocenters. The van der Waals surface area contributed by atoms with Gasteiger partial charge in [0.2, 0.25) is 0 Å². The van der Waals surface area contributed by atoms with Gasteiger partial charge >= 0.3 is 0 Å². The van der Waals surface area contributed by atoms with E-state index in [9.17, 15) is 0 Å². The van der Waals surface area contributed by atoms with Crippen LogP contribution in [0.5, 0.6) is 0 Å². The van der Waals surface area contributed by atoms with Crippen LogP contribution in [0, 0.1) is 0 Å². The van der Waals surface area contributed by atoms with Gasteiger partial charge in [-0.05, 0) is 11.6 Å². The zero-order valence-electron chi connectivity index (χ0n) is 14.7. The summed E-state index contributed by atoms with van der Waals surface area (Å²) in [6.07, 6.45) is 3.73. The van der Waals surface area contributed by atoms with Crippen LogP contribution in [0.4, 0.5) is 0 Å². The van der Waals surface area contributed by atoms with E-state index >= 15 is 0 Å². The second-order valence-corrected chi connectivity index (χ2v) is 6.46. The molecule has 0 aliphatic rings. The highest BCUT2D eigenvalue weighted by Crippen LogP contribution is 2.41. The molecular weight excluding hydrogens is 330 g/mol. The summed E-state index contributed by atoms with van der Waals surface area (Å²) in [5.74, 6) is 1.78. The summed E-state index contributed by atoms with van der Waals surface area (Å²) < 4.78 is 6.47. The number of furan rings is 1. The molecule has 0 spiro atoms. The molecule has 2 heteroatoms. The molecule has 0 N–H and O–H groups in total. The van der Waals surface area contributed by atoms with Crippen LogP contribution in [0.25, 0.3) is 44.5 Å². The van der Waals surface area contributed by atoms with E-state index < -0.39 is 0 Å². The molecule has 0 bridgehead atoms. The summed E-state index contributed by atoms with van der Waals surface area (Å²) in [7, 11) is 0. The van der Waals surface area contributed by atoms with Crippen LogP contribution < -0.4 is 0 Å². The third kappa shape index (κ3) is 2.72. The third-order valence-corrected chi connectivity index (χ3v) is 4.81. The van der Waals surface area contributed by atoms with Gasteiger partial charge in [0.25, 0.3) is 0 Å². The summed E-state index contributed by atoms with van der Waals surface area (Å²) in [6, 6.07) is 30.9. The summed E-state index contributed by atoms with van der Waals surface area (Å²) >= 11 is 0. The van der Waals surface area contributed by atoms with Gasteiger partial charge in [0.15, 0.2) is 0 Å². The summed E-state index contributed by atoms with van der Waals surface area (Å²) in [4.78, 5) is 4.35. The maximum Gasteiger partial charge on any atom is 0.143 e. The minimum Gasteiger partial charge on any atom is -0.455 e. The van der Waals surface area contributed by atoms with Gasteiger partial charge in [-0.1, -0.05) is 84.9 Å². The van der Waals surface area contributed by atoms with Crippen molar-refractivity contribution in [3.63, 3.8) is 0 Å². The molecule has 0 unspecified atom stereocenters. The maximum absolute atomic E-state index is 6.47. The largest absolute Gasteiger partial charge is 0.455 e. The predicted octanol–water partition coefficient (Wildman–Crippen LogP) is 6.83. The van der Waals surface area contributed by atoms with E-state index in [0.29, 0.717) is 0 Å². The Hall–Kier alpha value is -3.65. The van der Waals surface area contributed by atoms with E-state index in [-0.39, 0.29) is 0 Å². The molecule has 128 valence electrons. The topological polar surface area (TPSA) is 26.0 Å². The summed E-state index contributed by atoms with van der Waals surface area (Å²) in [5, 5.41) is 2.23.